The number of unbranched alkanes of at least 4 members (excludes halogenated alkanes) is 2. The maximum Gasteiger partial charge on any atom is 0.288 e. The molecule has 6 heteroatoms. The van der Waals surface area contributed by atoms with Crippen LogP contribution in [0.5, 0.6) is 5.75 Å². The number of hydrogen-bond donors (Lipinski definition) is 1. The minimum atomic E-state index is -0.534. The number of benzene rings is 1. The smallest absolute Gasteiger partial charge is 0.288 e. The van der Waals surface area contributed by atoms with Crippen LogP contribution in [-0.4, -0.2) is 23.2 Å². The van der Waals surface area contributed by atoms with Crippen molar-refractivity contribution in [2.24, 2.45) is 0 Å². The van der Waals surface area contributed by atoms with E-state index in [1.54, 1.807) is 0 Å². The fraction of sp³-hybridized carbons (Fsp3) is 0.455. The lowest BCUT2D eigenvalue weighted by molar-refractivity contribution is -0.384. The van der Waals surface area contributed by atoms with E-state index in [0.29, 0.717) is 12.4 Å². The van der Waals surface area contributed by atoms with E-state index in [4.69, 9.17) is 21.4 Å². The second-order valence-electron chi connectivity index (χ2n) is 3.50. The van der Waals surface area contributed by atoms with E-state index >= 15 is 0 Å². The lowest BCUT2D eigenvalue weighted by Gasteiger charge is -2.06. The average Bonchev–Trinajstić information content (AvgIpc) is 2.28. The number of rotatable bonds is 7. The average molecular weight is 260 g/mol. The van der Waals surface area contributed by atoms with Gasteiger partial charge >= 0.3 is 0 Å². The first kappa shape index (κ1) is 13.7. The van der Waals surface area contributed by atoms with E-state index < -0.39 is 4.92 Å². The molecule has 0 aliphatic carbocycles. The van der Waals surface area contributed by atoms with Gasteiger partial charge in [-0.3, -0.25) is 10.1 Å². The number of halogens is 1. The summed E-state index contributed by atoms with van der Waals surface area (Å²) in [6, 6.07) is 4.28. The van der Waals surface area contributed by atoms with Gasteiger partial charge in [0.25, 0.3) is 5.69 Å². The molecule has 1 N–H and O–H groups in total. The Morgan fingerprint density at radius 3 is 2.71 bits per heavy atom. The van der Waals surface area contributed by atoms with Gasteiger partial charge in [-0.2, -0.15) is 0 Å². The lowest BCUT2D eigenvalue weighted by atomic mass is 10.2. The predicted octanol–water partition coefficient (Wildman–Crippen LogP) is 2.79. The van der Waals surface area contributed by atoms with Crippen LogP contribution >= 0.6 is 11.6 Å². The number of hydrogen-bond acceptors (Lipinski definition) is 4. The minimum Gasteiger partial charge on any atom is -0.494 e. The zero-order valence-corrected chi connectivity index (χ0v) is 10.0. The third kappa shape index (κ3) is 4.58. The number of nitro groups is 1. The minimum absolute atomic E-state index is 0.0721. The van der Waals surface area contributed by atoms with Crippen molar-refractivity contribution < 1.29 is 14.8 Å². The van der Waals surface area contributed by atoms with Crippen LogP contribution in [0.1, 0.15) is 19.3 Å². The zero-order valence-electron chi connectivity index (χ0n) is 9.26. The van der Waals surface area contributed by atoms with Gasteiger partial charge in [0.05, 0.1) is 11.5 Å². The van der Waals surface area contributed by atoms with Gasteiger partial charge in [-0.15, -0.1) is 0 Å². The van der Waals surface area contributed by atoms with Crippen molar-refractivity contribution in [2.75, 3.05) is 13.2 Å². The van der Waals surface area contributed by atoms with Crippen LogP contribution in [0, 0.1) is 10.1 Å². The summed E-state index contributed by atoms with van der Waals surface area (Å²) in [5.74, 6) is 0.518. The summed E-state index contributed by atoms with van der Waals surface area (Å²) in [7, 11) is 0. The summed E-state index contributed by atoms with van der Waals surface area (Å²) >= 11 is 5.73. The highest BCUT2D eigenvalue weighted by atomic mass is 35.5. The Morgan fingerprint density at radius 1 is 1.35 bits per heavy atom. The quantitative estimate of drug-likeness (QED) is 0.464. The second-order valence-corrected chi connectivity index (χ2v) is 3.91. The van der Waals surface area contributed by atoms with Gasteiger partial charge < -0.3 is 9.84 Å². The number of aliphatic hydroxyl groups excluding tert-OH is 1. The first-order valence-corrected chi connectivity index (χ1v) is 5.70. The van der Waals surface area contributed by atoms with Crippen molar-refractivity contribution in [2.45, 2.75) is 19.3 Å². The molecule has 0 atom stereocenters. The molecule has 0 aliphatic heterocycles. The highest BCUT2D eigenvalue weighted by molar-refractivity contribution is 6.32. The van der Waals surface area contributed by atoms with E-state index in [-0.39, 0.29) is 17.3 Å². The SMILES string of the molecule is O=[N+]([O-])c1ccc(OCCCCCO)cc1Cl. The van der Waals surface area contributed by atoms with Crippen LogP contribution in [0.3, 0.4) is 0 Å². The Labute approximate surface area is 104 Å². The molecule has 1 aromatic rings. The summed E-state index contributed by atoms with van der Waals surface area (Å²) in [5.41, 5.74) is -0.126. The fourth-order valence-electron chi connectivity index (χ4n) is 1.31. The molecule has 0 saturated heterocycles. The molecule has 94 valence electrons. The number of nitrogens with zero attached hydrogens (tertiary/aromatic N) is 1. The second kappa shape index (κ2) is 7.09. The molecular formula is C11H14ClNO4. The number of aliphatic hydroxyl groups is 1. The molecule has 0 aromatic heterocycles. The van der Waals surface area contributed by atoms with E-state index in [9.17, 15) is 10.1 Å². The molecule has 0 radical (unpaired) electrons. The highest BCUT2D eigenvalue weighted by Crippen LogP contribution is 2.28. The summed E-state index contributed by atoms with van der Waals surface area (Å²) < 4.78 is 5.38. The summed E-state index contributed by atoms with van der Waals surface area (Å²) in [6.07, 6.45) is 2.47. The molecule has 0 saturated carbocycles. The first-order valence-electron chi connectivity index (χ1n) is 5.32. The molecule has 1 aromatic carbocycles. The Balaban J connectivity index is 2.45. The van der Waals surface area contributed by atoms with Crippen molar-refractivity contribution in [3.05, 3.63) is 33.3 Å². The van der Waals surface area contributed by atoms with Crippen LogP contribution in [0.2, 0.25) is 5.02 Å². The van der Waals surface area contributed by atoms with Crippen LogP contribution in [0.4, 0.5) is 5.69 Å². The van der Waals surface area contributed by atoms with E-state index in [1.807, 2.05) is 0 Å². The molecule has 17 heavy (non-hydrogen) atoms. The molecule has 1 rings (SSSR count). The van der Waals surface area contributed by atoms with Crippen molar-refractivity contribution in [1.29, 1.82) is 0 Å². The Kier molecular flexibility index (Phi) is 5.72. The van der Waals surface area contributed by atoms with Gasteiger partial charge in [-0.1, -0.05) is 11.6 Å². The van der Waals surface area contributed by atoms with Crippen molar-refractivity contribution in [3.8, 4) is 5.75 Å². The molecule has 0 heterocycles. The van der Waals surface area contributed by atoms with Crippen LogP contribution in [0.15, 0.2) is 18.2 Å². The molecule has 0 spiro atoms. The Bertz CT molecular complexity index is 384. The normalized spacial score (nSPS) is 10.2. The lowest BCUT2D eigenvalue weighted by Crippen LogP contribution is -1.98. The molecule has 0 bridgehead atoms. The van der Waals surface area contributed by atoms with E-state index in [2.05, 4.69) is 0 Å². The number of ether oxygens (including phenoxy) is 1. The Hall–Kier alpha value is -1.33. The highest BCUT2D eigenvalue weighted by Gasteiger charge is 2.12. The van der Waals surface area contributed by atoms with Gasteiger partial charge in [0.1, 0.15) is 10.8 Å². The van der Waals surface area contributed by atoms with Gasteiger partial charge in [0.2, 0.25) is 0 Å². The predicted molar refractivity (Wildman–Crippen MR) is 64.5 cm³/mol. The maximum atomic E-state index is 10.5. The van der Waals surface area contributed by atoms with Gasteiger partial charge in [0.15, 0.2) is 0 Å². The monoisotopic (exact) mass is 259 g/mol. The Morgan fingerprint density at radius 2 is 2.12 bits per heavy atom. The summed E-state index contributed by atoms with van der Waals surface area (Å²) in [4.78, 5) is 9.99. The van der Waals surface area contributed by atoms with Crippen LogP contribution in [0.25, 0.3) is 0 Å². The molecule has 0 amide bonds. The van der Waals surface area contributed by atoms with E-state index in [0.717, 1.165) is 19.3 Å². The molecule has 5 nitrogen and oxygen atoms in total. The third-order valence-electron chi connectivity index (χ3n) is 2.19. The zero-order chi connectivity index (χ0) is 12.7. The molecule has 0 unspecified atom stereocenters. The van der Waals surface area contributed by atoms with Crippen LogP contribution in [-0.2, 0) is 0 Å². The third-order valence-corrected chi connectivity index (χ3v) is 2.49. The van der Waals surface area contributed by atoms with Crippen molar-refractivity contribution >= 4 is 17.3 Å². The summed E-state index contributed by atoms with van der Waals surface area (Å²) in [6.45, 7) is 0.692. The van der Waals surface area contributed by atoms with E-state index in [1.165, 1.54) is 18.2 Å². The van der Waals surface area contributed by atoms with Crippen molar-refractivity contribution in [1.82, 2.24) is 0 Å². The van der Waals surface area contributed by atoms with Gasteiger partial charge in [-0.05, 0) is 25.3 Å². The number of nitro benzene ring substituents is 1. The molecule has 0 fully saturated rings. The topological polar surface area (TPSA) is 72.6 Å². The first-order chi connectivity index (χ1) is 8.15. The largest absolute Gasteiger partial charge is 0.494 e. The van der Waals surface area contributed by atoms with Crippen molar-refractivity contribution in [3.63, 3.8) is 0 Å². The van der Waals surface area contributed by atoms with Gasteiger partial charge in [-0.25, -0.2) is 0 Å². The molecular weight excluding hydrogens is 246 g/mol. The summed E-state index contributed by atoms with van der Waals surface area (Å²) in [5, 5.41) is 19.2. The fourth-order valence-corrected chi connectivity index (χ4v) is 1.55. The standard InChI is InChI=1S/C11H14ClNO4/c12-10-8-9(4-5-11(10)13(15)16)17-7-3-1-2-6-14/h4-5,8,14H,1-3,6-7H2. The molecule has 0 aliphatic rings. The maximum absolute atomic E-state index is 10.5. The van der Waals surface area contributed by atoms with Gasteiger partial charge in [0, 0.05) is 18.7 Å². The van der Waals surface area contributed by atoms with Crippen LogP contribution < -0.4 is 4.74 Å².